The Morgan fingerprint density at radius 1 is 0.857 bits per heavy atom. The quantitative estimate of drug-likeness (QED) is 0.429. The average molecular weight is 306 g/mol. The van der Waals surface area contributed by atoms with Crippen LogP contribution in [-0.2, 0) is 3.07 Å². The Balaban J connectivity index is 3.24. The first kappa shape index (κ1) is 14.8. The molecule has 0 saturated carbocycles. The van der Waals surface area contributed by atoms with Crippen LogP contribution in [0.15, 0.2) is 0 Å². The molecule has 0 atom stereocenters. The SMILES string of the molecule is CCCCCC[O][Sn]([CH2]C)[CH2]CCC. The maximum atomic E-state index is 6.04. The second kappa shape index (κ2) is 11.8. The van der Waals surface area contributed by atoms with Gasteiger partial charge in [-0.05, 0) is 0 Å². The van der Waals surface area contributed by atoms with E-state index in [0.717, 1.165) is 6.61 Å². The summed E-state index contributed by atoms with van der Waals surface area (Å²) in [7, 11) is 0. The standard InChI is InChI=1S/C6H13O.C4H9.C2H5.Sn/c1-2-3-4-5-6-7;1-3-4-2;1-2;/h2-6H2,1H3;1,3-4H2,2H3;1H2,2H3;/q-1;;;+1. The van der Waals surface area contributed by atoms with E-state index in [9.17, 15) is 0 Å². The van der Waals surface area contributed by atoms with Crippen LogP contribution in [0.25, 0.3) is 0 Å². The van der Waals surface area contributed by atoms with Crippen LogP contribution in [0.3, 0.4) is 0 Å². The van der Waals surface area contributed by atoms with E-state index in [1.165, 1.54) is 47.4 Å². The summed E-state index contributed by atoms with van der Waals surface area (Å²) in [6, 6.07) is 0. The van der Waals surface area contributed by atoms with Gasteiger partial charge in [0, 0.05) is 0 Å². The monoisotopic (exact) mass is 307 g/mol. The third-order valence-corrected chi connectivity index (χ3v) is 9.11. The fraction of sp³-hybridized carbons (Fsp3) is 1.00. The molecule has 1 nitrogen and oxygen atoms in total. The summed E-state index contributed by atoms with van der Waals surface area (Å²) < 4.78 is 8.86. The Kier molecular flexibility index (Phi) is 12.5. The van der Waals surface area contributed by atoms with Gasteiger partial charge < -0.3 is 0 Å². The van der Waals surface area contributed by atoms with Crippen molar-refractivity contribution in [3.8, 4) is 0 Å². The van der Waals surface area contributed by atoms with Crippen LogP contribution in [0.5, 0.6) is 0 Å². The average Bonchev–Trinajstić information content (AvgIpc) is 2.22. The van der Waals surface area contributed by atoms with Crippen LogP contribution in [0.2, 0.25) is 8.87 Å². The summed E-state index contributed by atoms with van der Waals surface area (Å²) in [4.78, 5) is 0. The number of rotatable bonds is 10. The topological polar surface area (TPSA) is 9.23 Å². The van der Waals surface area contributed by atoms with Gasteiger partial charge in [-0.3, -0.25) is 0 Å². The van der Waals surface area contributed by atoms with Crippen LogP contribution >= 0.6 is 0 Å². The number of unbranched alkanes of at least 4 members (excludes halogenated alkanes) is 4. The summed E-state index contributed by atoms with van der Waals surface area (Å²) in [6.45, 7) is 7.91. The molecule has 0 aromatic heterocycles. The normalized spacial score (nSPS) is 11.1. The van der Waals surface area contributed by atoms with Gasteiger partial charge in [0.05, 0.1) is 0 Å². The second-order valence-corrected chi connectivity index (χ2v) is 11.2. The van der Waals surface area contributed by atoms with E-state index in [4.69, 9.17) is 3.07 Å². The van der Waals surface area contributed by atoms with Gasteiger partial charge in [0.1, 0.15) is 0 Å². The molecule has 0 heterocycles. The van der Waals surface area contributed by atoms with Crippen molar-refractivity contribution < 1.29 is 3.07 Å². The van der Waals surface area contributed by atoms with Gasteiger partial charge in [0.15, 0.2) is 0 Å². The molecule has 2 heteroatoms. The van der Waals surface area contributed by atoms with Crippen LogP contribution < -0.4 is 0 Å². The fourth-order valence-corrected chi connectivity index (χ4v) is 6.84. The van der Waals surface area contributed by atoms with E-state index in [1.807, 2.05) is 0 Å². The summed E-state index contributed by atoms with van der Waals surface area (Å²) in [5, 5.41) is 0. The summed E-state index contributed by atoms with van der Waals surface area (Å²) in [5.41, 5.74) is 0. The predicted molar refractivity (Wildman–Crippen MR) is 66.0 cm³/mol. The van der Waals surface area contributed by atoms with Crippen molar-refractivity contribution in [1.82, 2.24) is 0 Å². The first-order valence-corrected chi connectivity index (χ1v) is 11.5. The maximum absolute atomic E-state index is 6.04. The minimum atomic E-state index is -1.33. The molecule has 0 fully saturated rings. The minimum absolute atomic E-state index is 1.06. The van der Waals surface area contributed by atoms with Gasteiger partial charge >= 0.3 is 98.0 Å². The van der Waals surface area contributed by atoms with Gasteiger partial charge in [-0.15, -0.1) is 0 Å². The Hall–Kier alpha value is 0.759. The van der Waals surface area contributed by atoms with Crippen molar-refractivity contribution in [3.63, 3.8) is 0 Å². The Bertz CT molecular complexity index is 106. The van der Waals surface area contributed by atoms with E-state index in [0.29, 0.717) is 0 Å². The number of hydrogen-bond acceptors (Lipinski definition) is 1. The van der Waals surface area contributed by atoms with Gasteiger partial charge in [-0.2, -0.15) is 0 Å². The van der Waals surface area contributed by atoms with Crippen molar-refractivity contribution in [2.24, 2.45) is 0 Å². The molecule has 0 amide bonds. The van der Waals surface area contributed by atoms with Crippen molar-refractivity contribution in [3.05, 3.63) is 0 Å². The summed E-state index contributed by atoms with van der Waals surface area (Å²) in [5.74, 6) is 0. The van der Waals surface area contributed by atoms with E-state index in [2.05, 4.69) is 20.8 Å². The third kappa shape index (κ3) is 9.32. The van der Waals surface area contributed by atoms with Crippen molar-refractivity contribution in [2.45, 2.75) is 68.2 Å². The van der Waals surface area contributed by atoms with Crippen LogP contribution in [0.1, 0.15) is 59.3 Å². The van der Waals surface area contributed by atoms with Crippen LogP contribution in [0.4, 0.5) is 0 Å². The molecule has 0 aromatic rings. The Morgan fingerprint density at radius 2 is 1.57 bits per heavy atom. The molecule has 0 unspecified atom stereocenters. The third-order valence-electron chi connectivity index (χ3n) is 2.51. The van der Waals surface area contributed by atoms with Gasteiger partial charge in [0.25, 0.3) is 0 Å². The zero-order valence-corrected chi connectivity index (χ0v) is 13.1. The second-order valence-electron chi connectivity index (χ2n) is 3.90. The van der Waals surface area contributed by atoms with E-state index >= 15 is 0 Å². The molecule has 14 heavy (non-hydrogen) atoms. The van der Waals surface area contributed by atoms with Gasteiger partial charge in [0.2, 0.25) is 0 Å². The summed E-state index contributed by atoms with van der Waals surface area (Å²) in [6.07, 6.45) is 8.10. The molecular weight excluding hydrogens is 279 g/mol. The number of hydrogen-bond donors (Lipinski definition) is 0. The molecular formula is C12H27OSn. The van der Waals surface area contributed by atoms with Crippen LogP contribution in [-0.4, -0.2) is 26.8 Å². The molecule has 0 saturated heterocycles. The molecule has 85 valence electrons. The van der Waals surface area contributed by atoms with E-state index in [1.54, 1.807) is 0 Å². The van der Waals surface area contributed by atoms with Crippen molar-refractivity contribution >= 4 is 20.2 Å². The molecule has 0 N–H and O–H groups in total. The zero-order chi connectivity index (χ0) is 10.6. The fourth-order valence-electron chi connectivity index (χ4n) is 1.47. The molecule has 0 spiro atoms. The van der Waals surface area contributed by atoms with E-state index < -0.39 is 20.2 Å². The molecule has 0 aliphatic carbocycles. The first-order chi connectivity index (χ1) is 6.85. The molecule has 0 bridgehead atoms. The van der Waals surface area contributed by atoms with Gasteiger partial charge in [-0.25, -0.2) is 0 Å². The molecule has 0 rings (SSSR count). The Labute approximate surface area is 97.9 Å². The zero-order valence-electron chi connectivity index (χ0n) is 10.3. The summed E-state index contributed by atoms with van der Waals surface area (Å²) >= 11 is -1.33. The van der Waals surface area contributed by atoms with Crippen molar-refractivity contribution in [2.75, 3.05) is 6.61 Å². The molecule has 1 radical (unpaired) electrons. The molecule has 0 aliphatic heterocycles. The molecule has 0 aromatic carbocycles. The van der Waals surface area contributed by atoms with Crippen LogP contribution in [0, 0.1) is 0 Å². The molecule has 0 aliphatic rings. The first-order valence-electron chi connectivity index (χ1n) is 6.32. The predicted octanol–water partition coefficient (Wildman–Crippen LogP) is 4.39. The van der Waals surface area contributed by atoms with Crippen molar-refractivity contribution in [1.29, 1.82) is 0 Å². The van der Waals surface area contributed by atoms with E-state index in [-0.39, 0.29) is 0 Å². The Morgan fingerprint density at radius 3 is 2.14 bits per heavy atom. The van der Waals surface area contributed by atoms with Gasteiger partial charge in [-0.1, -0.05) is 0 Å².